The lowest BCUT2D eigenvalue weighted by molar-refractivity contribution is -0.00799. The van der Waals surface area contributed by atoms with E-state index >= 15 is 0 Å². The Bertz CT molecular complexity index is 795. The number of guanidine groups is 1. The number of nitrogens with zero attached hydrogens (tertiary/aromatic N) is 5. The van der Waals surface area contributed by atoms with Gasteiger partial charge in [-0.05, 0) is 6.07 Å². The van der Waals surface area contributed by atoms with Gasteiger partial charge in [0, 0.05) is 51.7 Å². The first-order chi connectivity index (χ1) is 13.1. The first-order valence-corrected chi connectivity index (χ1v) is 9.43. The lowest BCUT2D eigenvalue weighted by Crippen LogP contribution is -2.49. The Hall–Kier alpha value is -2.03. The Balaban J connectivity index is 1.49. The van der Waals surface area contributed by atoms with E-state index in [0.717, 1.165) is 24.6 Å². The molecule has 1 aliphatic rings. The van der Waals surface area contributed by atoms with Gasteiger partial charge < -0.3 is 20.3 Å². The summed E-state index contributed by atoms with van der Waals surface area (Å²) < 4.78 is 7.67. The number of rotatable bonds is 5. The van der Waals surface area contributed by atoms with Gasteiger partial charge in [0.1, 0.15) is 11.9 Å². The summed E-state index contributed by atoms with van der Waals surface area (Å²) in [6.07, 6.45) is 5.38. The van der Waals surface area contributed by atoms with Gasteiger partial charge in [-0.15, -0.1) is 0 Å². The molecule has 1 atom stereocenters. The SMILES string of the molecule is CN=C(NCCNc1ncc(Cl)cc1Cl)N1CCOC(c2cnn(C)c2)C1. The molecule has 0 aromatic carbocycles. The molecule has 0 radical (unpaired) electrons. The second-order valence-corrected chi connectivity index (χ2v) is 6.98. The van der Waals surface area contributed by atoms with Crippen molar-refractivity contribution in [1.82, 2.24) is 25.0 Å². The van der Waals surface area contributed by atoms with Crippen molar-refractivity contribution >= 4 is 35.0 Å². The second kappa shape index (κ2) is 9.25. The summed E-state index contributed by atoms with van der Waals surface area (Å²) in [5, 5.41) is 11.8. The van der Waals surface area contributed by atoms with Crippen molar-refractivity contribution in [3.8, 4) is 0 Å². The predicted molar refractivity (Wildman–Crippen MR) is 108 cm³/mol. The summed E-state index contributed by atoms with van der Waals surface area (Å²) in [6, 6.07) is 1.66. The van der Waals surface area contributed by atoms with E-state index in [1.807, 2.05) is 19.4 Å². The maximum absolute atomic E-state index is 6.11. The highest BCUT2D eigenvalue weighted by Gasteiger charge is 2.25. The van der Waals surface area contributed by atoms with Crippen molar-refractivity contribution in [3.63, 3.8) is 0 Å². The third-order valence-electron chi connectivity index (χ3n) is 4.18. The van der Waals surface area contributed by atoms with Gasteiger partial charge in [0.05, 0.1) is 29.4 Å². The number of hydrogen-bond donors (Lipinski definition) is 2. The number of morpholine rings is 1. The molecule has 1 unspecified atom stereocenters. The minimum absolute atomic E-state index is 0.0128. The molecule has 1 fully saturated rings. The van der Waals surface area contributed by atoms with Gasteiger partial charge >= 0.3 is 0 Å². The van der Waals surface area contributed by atoms with Gasteiger partial charge in [0.25, 0.3) is 0 Å². The zero-order valence-corrected chi connectivity index (χ0v) is 16.8. The van der Waals surface area contributed by atoms with Crippen LogP contribution in [-0.2, 0) is 11.8 Å². The number of halogens is 2. The van der Waals surface area contributed by atoms with Crippen LogP contribution in [0.15, 0.2) is 29.6 Å². The van der Waals surface area contributed by atoms with Gasteiger partial charge in [0.15, 0.2) is 5.96 Å². The smallest absolute Gasteiger partial charge is 0.193 e. The Morgan fingerprint density at radius 1 is 1.37 bits per heavy atom. The van der Waals surface area contributed by atoms with Crippen molar-refractivity contribution in [2.24, 2.45) is 12.0 Å². The molecule has 0 amide bonds. The zero-order valence-electron chi connectivity index (χ0n) is 15.3. The summed E-state index contributed by atoms with van der Waals surface area (Å²) >= 11 is 12.0. The molecule has 0 spiro atoms. The van der Waals surface area contributed by atoms with Crippen LogP contribution in [0.5, 0.6) is 0 Å². The molecule has 146 valence electrons. The molecule has 2 N–H and O–H groups in total. The fraction of sp³-hybridized carbons (Fsp3) is 0.471. The highest BCUT2D eigenvalue weighted by molar-refractivity contribution is 6.35. The van der Waals surface area contributed by atoms with Gasteiger partial charge in [-0.25, -0.2) is 4.98 Å². The average Bonchev–Trinajstić information content (AvgIpc) is 3.10. The molecule has 10 heteroatoms. The van der Waals surface area contributed by atoms with E-state index in [1.54, 1.807) is 24.0 Å². The Morgan fingerprint density at radius 2 is 2.22 bits per heavy atom. The number of ether oxygens (including phenoxy) is 1. The number of pyridine rings is 1. The van der Waals surface area contributed by atoms with Crippen LogP contribution in [-0.4, -0.2) is 65.5 Å². The quantitative estimate of drug-likeness (QED) is 0.445. The highest BCUT2D eigenvalue weighted by atomic mass is 35.5. The van der Waals surface area contributed by atoms with Crippen molar-refractivity contribution in [3.05, 3.63) is 40.3 Å². The van der Waals surface area contributed by atoms with Crippen molar-refractivity contribution in [2.75, 3.05) is 45.2 Å². The first kappa shape index (κ1) is 19.7. The number of anilines is 1. The second-order valence-electron chi connectivity index (χ2n) is 6.14. The normalized spacial score (nSPS) is 17.9. The van der Waals surface area contributed by atoms with E-state index in [0.29, 0.717) is 35.6 Å². The maximum Gasteiger partial charge on any atom is 0.193 e. The average molecular weight is 412 g/mol. The molecule has 2 aromatic heterocycles. The molecule has 2 aromatic rings. The number of nitrogens with one attached hydrogen (secondary N) is 2. The summed E-state index contributed by atoms with van der Waals surface area (Å²) in [4.78, 5) is 10.8. The van der Waals surface area contributed by atoms with Crippen LogP contribution in [0.4, 0.5) is 5.82 Å². The molecule has 0 bridgehead atoms. The van der Waals surface area contributed by atoms with Crippen molar-refractivity contribution in [2.45, 2.75) is 6.10 Å². The monoisotopic (exact) mass is 411 g/mol. The number of aryl methyl sites for hydroxylation is 1. The Labute approximate surface area is 168 Å². The van der Waals surface area contributed by atoms with Crippen LogP contribution >= 0.6 is 23.2 Å². The van der Waals surface area contributed by atoms with Crippen LogP contribution in [0.2, 0.25) is 10.0 Å². The van der Waals surface area contributed by atoms with Gasteiger partial charge in [0.2, 0.25) is 0 Å². The molecule has 0 aliphatic carbocycles. The number of aromatic nitrogens is 3. The fourth-order valence-corrected chi connectivity index (χ4v) is 3.33. The first-order valence-electron chi connectivity index (χ1n) is 8.67. The minimum Gasteiger partial charge on any atom is -0.370 e. The number of aliphatic imine (C=N–C) groups is 1. The molecule has 8 nitrogen and oxygen atoms in total. The third kappa shape index (κ3) is 5.24. The van der Waals surface area contributed by atoms with Gasteiger partial charge in [-0.3, -0.25) is 9.67 Å². The van der Waals surface area contributed by atoms with Crippen LogP contribution in [0, 0.1) is 0 Å². The van der Waals surface area contributed by atoms with E-state index < -0.39 is 0 Å². The lowest BCUT2D eigenvalue weighted by atomic mass is 10.1. The standard InChI is InChI=1S/C17H23Cl2N7O/c1-20-17(22-4-3-21-16-14(19)7-13(18)9-23-16)26-5-6-27-15(11-26)12-8-24-25(2)10-12/h7-10,15H,3-6,11H2,1-2H3,(H,20,22)(H,21,23). The van der Waals surface area contributed by atoms with Crippen LogP contribution < -0.4 is 10.6 Å². The molecule has 1 saturated heterocycles. The van der Waals surface area contributed by atoms with E-state index in [-0.39, 0.29) is 6.10 Å². The van der Waals surface area contributed by atoms with Gasteiger partial charge in [-0.1, -0.05) is 23.2 Å². The van der Waals surface area contributed by atoms with E-state index in [1.165, 1.54) is 0 Å². The number of hydrogen-bond acceptors (Lipinski definition) is 5. The molecule has 3 heterocycles. The van der Waals surface area contributed by atoms with Crippen molar-refractivity contribution < 1.29 is 4.74 Å². The molecule has 0 saturated carbocycles. The fourth-order valence-electron chi connectivity index (χ4n) is 2.88. The summed E-state index contributed by atoms with van der Waals surface area (Å²) in [5.74, 6) is 1.45. The van der Waals surface area contributed by atoms with Crippen LogP contribution in [0.25, 0.3) is 0 Å². The molecule has 27 heavy (non-hydrogen) atoms. The maximum atomic E-state index is 6.11. The Kier molecular flexibility index (Phi) is 6.76. The van der Waals surface area contributed by atoms with E-state index in [4.69, 9.17) is 27.9 Å². The Morgan fingerprint density at radius 3 is 2.93 bits per heavy atom. The molecule has 1 aliphatic heterocycles. The zero-order chi connectivity index (χ0) is 19.2. The van der Waals surface area contributed by atoms with E-state index in [2.05, 4.69) is 30.6 Å². The lowest BCUT2D eigenvalue weighted by Gasteiger charge is -2.34. The predicted octanol–water partition coefficient (Wildman–Crippen LogP) is 2.18. The third-order valence-corrected chi connectivity index (χ3v) is 4.68. The summed E-state index contributed by atoms with van der Waals surface area (Å²) in [5.41, 5.74) is 1.07. The van der Waals surface area contributed by atoms with E-state index in [9.17, 15) is 0 Å². The molecular weight excluding hydrogens is 389 g/mol. The largest absolute Gasteiger partial charge is 0.370 e. The molecule has 3 rings (SSSR count). The minimum atomic E-state index is -0.0128. The van der Waals surface area contributed by atoms with Crippen LogP contribution in [0.1, 0.15) is 11.7 Å². The van der Waals surface area contributed by atoms with Crippen molar-refractivity contribution in [1.29, 1.82) is 0 Å². The summed E-state index contributed by atoms with van der Waals surface area (Å²) in [7, 11) is 3.68. The summed E-state index contributed by atoms with van der Waals surface area (Å²) in [6.45, 7) is 3.46. The topological polar surface area (TPSA) is 79.6 Å². The molecular formula is C17H23Cl2N7O. The van der Waals surface area contributed by atoms with Crippen LogP contribution in [0.3, 0.4) is 0 Å². The van der Waals surface area contributed by atoms with Gasteiger partial charge in [-0.2, -0.15) is 5.10 Å². The highest BCUT2D eigenvalue weighted by Crippen LogP contribution is 2.22.